The SMILES string of the molecule is Cc1cnc([C@@H]2CCN(C(=O)CCc3nnc(C(C)C)o3)C2)[nH]1. The molecule has 23 heavy (non-hydrogen) atoms. The number of H-pyrrole nitrogens is 1. The van der Waals surface area contributed by atoms with Gasteiger partial charge in [0, 0.05) is 49.7 Å². The summed E-state index contributed by atoms with van der Waals surface area (Å²) in [6.07, 6.45) is 3.70. The van der Waals surface area contributed by atoms with Crippen molar-refractivity contribution in [2.75, 3.05) is 13.1 Å². The summed E-state index contributed by atoms with van der Waals surface area (Å²) >= 11 is 0. The molecule has 2 aromatic heterocycles. The van der Waals surface area contributed by atoms with Gasteiger partial charge < -0.3 is 14.3 Å². The second-order valence-electron chi connectivity index (χ2n) is 6.47. The second kappa shape index (κ2) is 6.52. The second-order valence-corrected chi connectivity index (χ2v) is 6.47. The fraction of sp³-hybridized carbons (Fsp3) is 0.625. The van der Waals surface area contributed by atoms with Gasteiger partial charge in [-0.3, -0.25) is 4.79 Å². The summed E-state index contributed by atoms with van der Waals surface area (Å²) in [4.78, 5) is 21.9. The molecule has 1 aliphatic rings. The molecule has 1 saturated heterocycles. The molecule has 1 N–H and O–H groups in total. The summed E-state index contributed by atoms with van der Waals surface area (Å²) in [5.41, 5.74) is 1.06. The van der Waals surface area contributed by atoms with Gasteiger partial charge in [0.1, 0.15) is 5.82 Å². The normalized spacial score (nSPS) is 18.1. The van der Waals surface area contributed by atoms with Gasteiger partial charge in [0.05, 0.1) is 0 Å². The van der Waals surface area contributed by atoms with Gasteiger partial charge in [0.15, 0.2) is 0 Å². The molecule has 3 rings (SSSR count). The first-order chi connectivity index (χ1) is 11.0. The van der Waals surface area contributed by atoms with Crippen LogP contribution in [0.4, 0.5) is 0 Å². The van der Waals surface area contributed by atoms with Gasteiger partial charge in [-0.2, -0.15) is 0 Å². The van der Waals surface area contributed by atoms with Crippen LogP contribution in [0.25, 0.3) is 0 Å². The Hall–Kier alpha value is -2.18. The van der Waals surface area contributed by atoms with Crippen LogP contribution in [0.3, 0.4) is 0 Å². The monoisotopic (exact) mass is 317 g/mol. The van der Waals surface area contributed by atoms with Crippen molar-refractivity contribution < 1.29 is 9.21 Å². The van der Waals surface area contributed by atoms with Crippen molar-refractivity contribution in [1.82, 2.24) is 25.1 Å². The molecule has 7 heteroatoms. The molecule has 0 saturated carbocycles. The van der Waals surface area contributed by atoms with Gasteiger partial charge >= 0.3 is 0 Å². The third-order valence-corrected chi connectivity index (χ3v) is 4.18. The maximum Gasteiger partial charge on any atom is 0.223 e. The van der Waals surface area contributed by atoms with E-state index in [1.54, 1.807) is 0 Å². The minimum absolute atomic E-state index is 0.139. The van der Waals surface area contributed by atoms with Crippen LogP contribution >= 0.6 is 0 Å². The third kappa shape index (κ3) is 3.60. The van der Waals surface area contributed by atoms with E-state index in [0.29, 0.717) is 30.5 Å². The quantitative estimate of drug-likeness (QED) is 0.913. The third-order valence-electron chi connectivity index (χ3n) is 4.18. The predicted molar refractivity (Wildman–Crippen MR) is 84.0 cm³/mol. The number of nitrogens with one attached hydrogen (secondary N) is 1. The van der Waals surface area contributed by atoms with Crippen LogP contribution in [-0.2, 0) is 11.2 Å². The smallest absolute Gasteiger partial charge is 0.223 e. The summed E-state index contributed by atoms with van der Waals surface area (Å²) in [6.45, 7) is 7.51. The van der Waals surface area contributed by atoms with E-state index in [4.69, 9.17) is 4.42 Å². The molecule has 0 radical (unpaired) electrons. The number of imidazole rings is 1. The minimum Gasteiger partial charge on any atom is -0.425 e. The van der Waals surface area contributed by atoms with Crippen LogP contribution in [0, 0.1) is 6.92 Å². The van der Waals surface area contributed by atoms with E-state index in [0.717, 1.165) is 31.0 Å². The first-order valence-corrected chi connectivity index (χ1v) is 8.14. The number of hydrogen-bond donors (Lipinski definition) is 1. The van der Waals surface area contributed by atoms with Crippen LogP contribution in [0.1, 0.15) is 61.8 Å². The lowest BCUT2D eigenvalue weighted by Crippen LogP contribution is -2.28. The molecular weight excluding hydrogens is 294 g/mol. The number of aryl methyl sites for hydroxylation is 2. The van der Waals surface area contributed by atoms with Crippen molar-refractivity contribution in [3.8, 4) is 0 Å². The highest BCUT2D eigenvalue weighted by atomic mass is 16.4. The molecule has 3 heterocycles. The van der Waals surface area contributed by atoms with E-state index >= 15 is 0 Å². The highest BCUT2D eigenvalue weighted by molar-refractivity contribution is 5.76. The van der Waals surface area contributed by atoms with E-state index < -0.39 is 0 Å². The Balaban J connectivity index is 1.51. The Kier molecular flexibility index (Phi) is 4.45. The molecule has 0 bridgehead atoms. The first kappa shape index (κ1) is 15.7. The average molecular weight is 317 g/mol. The number of carbonyl (C=O) groups is 1. The van der Waals surface area contributed by atoms with Crippen LogP contribution in [0.15, 0.2) is 10.6 Å². The fourth-order valence-electron chi connectivity index (χ4n) is 2.82. The molecule has 2 aromatic rings. The minimum atomic E-state index is 0.139. The van der Waals surface area contributed by atoms with Gasteiger partial charge in [-0.05, 0) is 13.3 Å². The zero-order chi connectivity index (χ0) is 16.4. The fourth-order valence-corrected chi connectivity index (χ4v) is 2.82. The first-order valence-electron chi connectivity index (χ1n) is 8.14. The summed E-state index contributed by atoms with van der Waals surface area (Å²) in [7, 11) is 0. The Morgan fingerprint density at radius 1 is 1.48 bits per heavy atom. The van der Waals surface area contributed by atoms with Crippen LogP contribution in [0.5, 0.6) is 0 Å². The maximum atomic E-state index is 12.3. The van der Waals surface area contributed by atoms with Gasteiger partial charge in [0.25, 0.3) is 0 Å². The highest BCUT2D eigenvalue weighted by Gasteiger charge is 2.28. The average Bonchev–Trinajstić information content (AvgIpc) is 3.24. The van der Waals surface area contributed by atoms with E-state index in [1.165, 1.54) is 0 Å². The largest absolute Gasteiger partial charge is 0.425 e. The molecule has 1 atom stereocenters. The zero-order valence-electron chi connectivity index (χ0n) is 13.9. The molecule has 1 aliphatic heterocycles. The van der Waals surface area contributed by atoms with Crippen molar-refractivity contribution in [3.05, 3.63) is 29.5 Å². The Morgan fingerprint density at radius 2 is 2.30 bits per heavy atom. The molecule has 1 fully saturated rings. The standard InChI is InChI=1S/C16H23N5O2/c1-10(2)16-20-19-13(23-16)4-5-14(22)21-7-6-12(9-21)15-17-8-11(3)18-15/h8,10,12H,4-7,9H2,1-3H3,(H,17,18)/t12-/m1/s1. The molecule has 7 nitrogen and oxygen atoms in total. The number of aromatic nitrogens is 4. The summed E-state index contributed by atoms with van der Waals surface area (Å²) < 4.78 is 5.54. The van der Waals surface area contributed by atoms with Crippen molar-refractivity contribution in [1.29, 1.82) is 0 Å². The lowest BCUT2D eigenvalue weighted by Gasteiger charge is -2.15. The lowest BCUT2D eigenvalue weighted by molar-refractivity contribution is -0.130. The maximum absolute atomic E-state index is 12.3. The Morgan fingerprint density at radius 3 is 2.96 bits per heavy atom. The van der Waals surface area contributed by atoms with Crippen molar-refractivity contribution in [2.24, 2.45) is 0 Å². The summed E-state index contributed by atoms with van der Waals surface area (Å²) in [5, 5.41) is 7.99. The van der Waals surface area contributed by atoms with Gasteiger partial charge in [-0.15, -0.1) is 10.2 Å². The molecule has 124 valence electrons. The van der Waals surface area contributed by atoms with E-state index in [-0.39, 0.29) is 11.8 Å². The highest BCUT2D eigenvalue weighted by Crippen LogP contribution is 2.25. The zero-order valence-corrected chi connectivity index (χ0v) is 13.9. The van der Waals surface area contributed by atoms with Crippen LogP contribution < -0.4 is 0 Å². The molecule has 0 spiro atoms. The molecule has 0 aliphatic carbocycles. The van der Waals surface area contributed by atoms with Crippen molar-refractivity contribution in [2.45, 2.75) is 51.9 Å². The van der Waals surface area contributed by atoms with Crippen molar-refractivity contribution >= 4 is 5.91 Å². The number of likely N-dealkylation sites (tertiary alicyclic amines) is 1. The number of rotatable bonds is 5. The number of aromatic amines is 1. The lowest BCUT2D eigenvalue weighted by atomic mass is 10.1. The predicted octanol–water partition coefficient (Wildman–Crippen LogP) is 2.17. The van der Waals surface area contributed by atoms with Gasteiger partial charge in [0.2, 0.25) is 17.7 Å². The number of carbonyl (C=O) groups excluding carboxylic acids is 1. The van der Waals surface area contributed by atoms with E-state index in [2.05, 4.69) is 20.2 Å². The van der Waals surface area contributed by atoms with Gasteiger partial charge in [-0.25, -0.2) is 4.98 Å². The number of amides is 1. The molecule has 1 amide bonds. The topological polar surface area (TPSA) is 87.9 Å². The van der Waals surface area contributed by atoms with Crippen LogP contribution in [-0.4, -0.2) is 44.1 Å². The van der Waals surface area contributed by atoms with E-state index in [1.807, 2.05) is 31.9 Å². The molecule has 0 aromatic carbocycles. The van der Waals surface area contributed by atoms with Crippen molar-refractivity contribution in [3.63, 3.8) is 0 Å². The molecular formula is C16H23N5O2. The Labute approximate surface area is 135 Å². The number of nitrogens with zero attached hydrogens (tertiary/aromatic N) is 4. The van der Waals surface area contributed by atoms with Crippen LogP contribution in [0.2, 0.25) is 0 Å². The Bertz CT molecular complexity index is 676. The van der Waals surface area contributed by atoms with Gasteiger partial charge in [-0.1, -0.05) is 13.8 Å². The molecule has 0 unspecified atom stereocenters. The number of hydrogen-bond acceptors (Lipinski definition) is 5. The van der Waals surface area contributed by atoms with E-state index in [9.17, 15) is 4.79 Å². The summed E-state index contributed by atoms with van der Waals surface area (Å²) in [5.74, 6) is 2.81. The summed E-state index contributed by atoms with van der Waals surface area (Å²) in [6, 6.07) is 0.